The summed E-state index contributed by atoms with van der Waals surface area (Å²) in [5.41, 5.74) is 1.11. The maximum Gasteiger partial charge on any atom is 0.260 e. The van der Waals surface area contributed by atoms with Gasteiger partial charge in [0, 0.05) is 17.8 Å². The number of anilines is 1. The molecule has 0 saturated heterocycles. The van der Waals surface area contributed by atoms with E-state index in [0.717, 1.165) is 12.8 Å². The van der Waals surface area contributed by atoms with Crippen molar-refractivity contribution in [3.05, 3.63) is 60.2 Å². The Kier molecular flexibility index (Phi) is 8.05. The number of nitrogens with zero attached hydrogens (tertiary/aromatic N) is 1. The molecule has 0 unspecified atom stereocenters. The summed E-state index contributed by atoms with van der Waals surface area (Å²) >= 11 is 0. The highest BCUT2D eigenvalue weighted by molar-refractivity contribution is 6.06. The second kappa shape index (κ2) is 10.5. The van der Waals surface area contributed by atoms with E-state index in [-0.39, 0.29) is 30.5 Å². The van der Waals surface area contributed by atoms with Gasteiger partial charge < -0.3 is 15.0 Å². The lowest BCUT2D eigenvalue weighted by atomic mass is 10.1. The number of hydrogen-bond acceptors (Lipinski definition) is 3. The number of carbonyl (C=O) groups is 2. The Morgan fingerprint density at radius 2 is 1.50 bits per heavy atom. The molecule has 2 aromatic carbocycles. The van der Waals surface area contributed by atoms with Crippen molar-refractivity contribution in [3.8, 4) is 5.75 Å². The van der Waals surface area contributed by atoms with E-state index in [1.165, 1.54) is 0 Å². The zero-order valence-corrected chi connectivity index (χ0v) is 17.1. The Labute approximate surface area is 167 Å². The van der Waals surface area contributed by atoms with Gasteiger partial charge in [-0.3, -0.25) is 9.59 Å². The number of para-hydroxylation sites is 2. The Morgan fingerprint density at radius 3 is 2.11 bits per heavy atom. The lowest BCUT2D eigenvalue weighted by molar-refractivity contribution is -0.137. The zero-order chi connectivity index (χ0) is 20.5. The molecule has 5 heteroatoms. The molecule has 0 aromatic heterocycles. The lowest BCUT2D eigenvalue weighted by Gasteiger charge is -2.34. The zero-order valence-electron chi connectivity index (χ0n) is 17.1. The molecule has 0 radical (unpaired) electrons. The number of rotatable bonds is 9. The van der Waals surface area contributed by atoms with Crippen molar-refractivity contribution in [1.29, 1.82) is 0 Å². The summed E-state index contributed by atoms with van der Waals surface area (Å²) in [6, 6.07) is 16.5. The molecule has 2 atom stereocenters. The first-order valence-corrected chi connectivity index (χ1v) is 9.87. The van der Waals surface area contributed by atoms with Gasteiger partial charge in [0.1, 0.15) is 5.75 Å². The van der Waals surface area contributed by atoms with Gasteiger partial charge in [-0.1, -0.05) is 44.2 Å². The highest BCUT2D eigenvalue weighted by Gasteiger charge is 2.24. The predicted molar refractivity (Wildman–Crippen MR) is 113 cm³/mol. The predicted octanol–water partition coefficient (Wildman–Crippen LogP) is 4.74. The summed E-state index contributed by atoms with van der Waals surface area (Å²) in [5, 5.41) is 2.85. The van der Waals surface area contributed by atoms with E-state index >= 15 is 0 Å². The molecule has 1 N–H and O–H groups in total. The molecule has 2 aromatic rings. The smallest absolute Gasteiger partial charge is 0.260 e. The molecule has 0 bridgehead atoms. The Morgan fingerprint density at radius 1 is 0.929 bits per heavy atom. The standard InChI is InChI=1S/C23H30N2O3/c1-5-17(3)25(18(4)6-2)22(26)16-28-21-15-11-10-14-20(21)23(27)24-19-12-8-7-9-13-19/h7-15,17-18H,5-6,16H2,1-4H3,(H,24,27)/t17-,18-/m1/s1. The number of benzene rings is 2. The Bertz CT molecular complexity index is 766. The van der Waals surface area contributed by atoms with Crippen molar-refractivity contribution in [1.82, 2.24) is 4.90 Å². The minimum atomic E-state index is -0.269. The number of amides is 2. The molecule has 0 aliphatic carbocycles. The minimum Gasteiger partial charge on any atom is -0.483 e. The van der Waals surface area contributed by atoms with Crippen LogP contribution < -0.4 is 10.1 Å². The van der Waals surface area contributed by atoms with Gasteiger partial charge in [-0.25, -0.2) is 0 Å². The average Bonchev–Trinajstić information content (AvgIpc) is 2.72. The van der Waals surface area contributed by atoms with E-state index in [0.29, 0.717) is 17.0 Å². The molecule has 0 spiro atoms. The van der Waals surface area contributed by atoms with Crippen LogP contribution in [0.15, 0.2) is 54.6 Å². The number of nitrogens with one attached hydrogen (secondary N) is 1. The van der Waals surface area contributed by atoms with Crippen LogP contribution in [0.25, 0.3) is 0 Å². The fraction of sp³-hybridized carbons (Fsp3) is 0.391. The van der Waals surface area contributed by atoms with Gasteiger partial charge in [-0.2, -0.15) is 0 Å². The number of carbonyl (C=O) groups excluding carboxylic acids is 2. The maximum atomic E-state index is 12.8. The van der Waals surface area contributed by atoms with Crippen molar-refractivity contribution >= 4 is 17.5 Å². The molecule has 0 fully saturated rings. The van der Waals surface area contributed by atoms with E-state index in [1.54, 1.807) is 24.3 Å². The molecular formula is C23H30N2O3. The highest BCUT2D eigenvalue weighted by atomic mass is 16.5. The maximum absolute atomic E-state index is 12.8. The van der Waals surface area contributed by atoms with Crippen LogP contribution in [-0.4, -0.2) is 35.4 Å². The minimum absolute atomic E-state index is 0.0676. The van der Waals surface area contributed by atoms with E-state index in [9.17, 15) is 9.59 Å². The summed E-state index contributed by atoms with van der Waals surface area (Å²) < 4.78 is 5.78. The average molecular weight is 383 g/mol. The molecular weight excluding hydrogens is 352 g/mol. The van der Waals surface area contributed by atoms with Crippen LogP contribution in [0.4, 0.5) is 5.69 Å². The number of hydrogen-bond donors (Lipinski definition) is 1. The van der Waals surface area contributed by atoms with E-state index < -0.39 is 0 Å². The van der Waals surface area contributed by atoms with Crippen LogP contribution in [0, 0.1) is 0 Å². The second-order valence-electron chi connectivity index (χ2n) is 6.92. The molecule has 0 heterocycles. The van der Waals surface area contributed by atoms with Crippen molar-refractivity contribution in [2.24, 2.45) is 0 Å². The van der Waals surface area contributed by atoms with Gasteiger partial charge >= 0.3 is 0 Å². The summed E-state index contributed by atoms with van der Waals surface area (Å²) in [6.07, 6.45) is 1.76. The van der Waals surface area contributed by atoms with Gasteiger partial charge in [-0.15, -0.1) is 0 Å². The molecule has 28 heavy (non-hydrogen) atoms. The van der Waals surface area contributed by atoms with Gasteiger partial charge in [0.2, 0.25) is 0 Å². The van der Waals surface area contributed by atoms with Crippen LogP contribution in [0.2, 0.25) is 0 Å². The Balaban J connectivity index is 2.10. The third kappa shape index (κ3) is 5.59. The van der Waals surface area contributed by atoms with Gasteiger partial charge in [-0.05, 0) is 51.0 Å². The van der Waals surface area contributed by atoms with Crippen LogP contribution in [0.5, 0.6) is 5.75 Å². The first-order valence-electron chi connectivity index (χ1n) is 9.87. The first kappa shape index (κ1) is 21.5. The fourth-order valence-corrected chi connectivity index (χ4v) is 3.03. The highest BCUT2D eigenvalue weighted by Crippen LogP contribution is 2.20. The van der Waals surface area contributed by atoms with E-state index in [1.807, 2.05) is 49.1 Å². The fourth-order valence-electron chi connectivity index (χ4n) is 3.03. The van der Waals surface area contributed by atoms with Crippen LogP contribution >= 0.6 is 0 Å². The van der Waals surface area contributed by atoms with Gasteiger partial charge in [0.25, 0.3) is 11.8 Å². The molecule has 0 aliphatic rings. The SMILES string of the molecule is CC[C@@H](C)N(C(=O)COc1ccccc1C(=O)Nc1ccccc1)[C@H](C)CC. The van der Waals surface area contributed by atoms with Crippen LogP contribution in [0.1, 0.15) is 50.9 Å². The summed E-state index contributed by atoms with van der Waals surface area (Å²) in [6.45, 7) is 8.13. The largest absolute Gasteiger partial charge is 0.483 e. The third-order valence-electron chi connectivity index (χ3n) is 4.93. The molecule has 0 aliphatic heterocycles. The molecule has 2 rings (SSSR count). The molecule has 0 saturated carbocycles. The molecule has 2 amide bonds. The molecule has 5 nitrogen and oxygen atoms in total. The van der Waals surface area contributed by atoms with E-state index in [4.69, 9.17) is 4.74 Å². The first-order chi connectivity index (χ1) is 13.5. The summed E-state index contributed by atoms with van der Waals surface area (Å²) in [5.74, 6) is 0.0643. The third-order valence-corrected chi connectivity index (χ3v) is 4.93. The summed E-state index contributed by atoms with van der Waals surface area (Å²) in [7, 11) is 0. The Hall–Kier alpha value is -2.82. The van der Waals surface area contributed by atoms with E-state index in [2.05, 4.69) is 19.2 Å². The topological polar surface area (TPSA) is 58.6 Å². The normalized spacial score (nSPS) is 12.7. The van der Waals surface area contributed by atoms with Gasteiger partial charge in [0.15, 0.2) is 6.61 Å². The van der Waals surface area contributed by atoms with Crippen LogP contribution in [0.3, 0.4) is 0 Å². The van der Waals surface area contributed by atoms with Crippen molar-refractivity contribution in [2.45, 2.75) is 52.6 Å². The monoisotopic (exact) mass is 382 g/mol. The van der Waals surface area contributed by atoms with Gasteiger partial charge in [0.05, 0.1) is 5.56 Å². The number of ether oxygens (including phenoxy) is 1. The van der Waals surface area contributed by atoms with Crippen molar-refractivity contribution in [3.63, 3.8) is 0 Å². The van der Waals surface area contributed by atoms with Crippen LogP contribution in [-0.2, 0) is 4.79 Å². The lowest BCUT2D eigenvalue weighted by Crippen LogP contribution is -2.46. The summed E-state index contributed by atoms with van der Waals surface area (Å²) in [4.78, 5) is 27.3. The second-order valence-corrected chi connectivity index (χ2v) is 6.92. The van der Waals surface area contributed by atoms with Crippen molar-refractivity contribution < 1.29 is 14.3 Å². The molecule has 150 valence electrons. The quantitative estimate of drug-likeness (QED) is 0.681. The van der Waals surface area contributed by atoms with Crippen molar-refractivity contribution in [2.75, 3.05) is 11.9 Å².